The number of carbonyl (C=O) groups is 1. The van der Waals surface area contributed by atoms with Crippen LogP contribution >= 0.6 is 0 Å². The average molecular weight is 222 g/mol. The number of rotatable bonds is 4. The van der Waals surface area contributed by atoms with Crippen molar-refractivity contribution in [3.8, 4) is 0 Å². The van der Waals surface area contributed by atoms with E-state index >= 15 is 0 Å². The molecule has 0 unspecified atom stereocenters. The first-order valence-electron chi connectivity index (χ1n) is 5.23. The molecule has 0 radical (unpaired) electrons. The van der Waals surface area contributed by atoms with Crippen molar-refractivity contribution in [1.29, 1.82) is 0 Å². The molecule has 0 fully saturated rings. The first-order valence-corrected chi connectivity index (χ1v) is 5.23. The third kappa shape index (κ3) is 4.79. The lowest BCUT2D eigenvalue weighted by molar-refractivity contribution is 0.151. The van der Waals surface area contributed by atoms with E-state index in [1.54, 1.807) is 0 Å². The Labute approximate surface area is 96.2 Å². The number of carbonyl (C=O) groups excluding carboxylic acids is 1. The summed E-state index contributed by atoms with van der Waals surface area (Å²) in [6.07, 6.45) is -0.410. The minimum absolute atomic E-state index is 0.394. The van der Waals surface area contributed by atoms with Crippen molar-refractivity contribution in [1.82, 2.24) is 4.90 Å². The van der Waals surface area contributed by atoms with E-state index in [4.69, 9.17) is 4.74 Å². The van der Waals surface area contributed by atoms with Gasteiger partial charge in [-0.1, -0.05) is 12.1 Å². The molecule has 0 saturated heterocycles. The van der Waals surface area contributed by atoms with Crippen molar-refractivity contribution in [2.75, 3.05) is 32.6 Å². The van der Waals surface area contributed by atoms with E-state index in [1.807, 2.05) is 50.2 Å². The van der Waals surface area contributed by atoms with Gasteiger partial charge in [0.15, 0.2) is 0 Å². The van der Waals surface area contributed by atoms with Crippen LogP contribution in [0.25, 0.3) is 0 Å². The third-order valence-electron chi connectivity index (χ3n) is 2.04. The maximum absolute atomic E-state index is 11.4. The first-order chi connectivity index (χ1) is 7.58. The number of nitrogens with one attached hydrogen (secondary N) is 1. The van der Waals surface area contributed by atoms with Crippen molar-refractivity contribution < 1.29 is 9.53 Å². The van der Waals surface area contributed by atoms with Gasteiger partial charge in [-0.3, -0.25) is 5.32 Å². The van der Waals surface area contributed by atoms with Crippen LogP contribution in [0.4, 0.5) is 10.5 Å². The fourth-order valence-corrected chi connectivity index (χ4v) is 1.20. The number of amides is 1. The second-order valence-electron chi connectivity index (χ2n) is 3.93. The second-order valence-corrected chi connectivity index (χ2v) is 3.93. The van der Waals surface area contributed by atoms with Crippen molar-refractivity contribution in [3.05, 3.63) is 29.8 Å². The highest BCUT2D eigenvalue weighted by Gasteiger charge is 2.02. The number of anilines is 1. The Morgan fingerprint density at radius 2 is 2.19 bits per heavy atom. The Hall–Kier alpha value is -1.55. The molecular formula is C12H18N2O2. The Morgan fingerprint density at radius 3 is 2.81 bits per heavy atom. The smallest absolute Gasteiger partial charge is 0.411 e. The van der Waals surface area contributed by atoms with Gasteiger partial charge >= 0.3 is 6.09 Å². The topological polar surface area (TPSA) is 41.6 Å². The summed E-state index contributed by atoms with van der Waals surface area (Å²) in [7, 11) is 3.86. The van der Waals surface area contributed by atoms with Crippen LogP contribution in [0.2, 0.25) is 0 Å². The highest BCUT2D eigenvalue weighted by Crippen LogP contribution is 2.09. The molecule has 1 rings (SSSR count). The van der Waals surface area contributed by atoms with Gasteiger partial charge in [0.1, 0.15) is 6.61 Å². The lowest BCUT2D eigenvalue weighted by atomic mass is 10.2. The molecular weight excluding hydrogens is 204 g/mol. The van der Waals surface area contributed by atoms with E-state index in [0.29, 0.717) is 6.61 Å². The fraction of sp³-hybridized carbons (Fsp3) is 0.417. The van der Waals surface area contributed by atoms with Gasteiger partial charge in [0.05, 0.1) is 0 Å². The summed E-state index contributed by atoms with van der Waals surface area (Å²) in [5.41, 5.74) is 1.86. The van der Waals surface area contributed by atoms with Gasteiger partial charge in [-0.2, -0.15) is 0 Å². The second kappa shape index (κ2) is 6.12. The fourth-order valence-electron chi connectivity index (χ4n) is 1.20. The number of likely N-dealkylation sites (N-methyl/N-ethyl adjacent to an activating group) is 1. The molecule has 0 heterocycles. The largest absolute Gasteiger partial charge is 0.448 e. The van der Waals surface area contributed by atoms with Crippen molar-refractivity contribution in [2.45, 2.75) is 6.92 Å². The summed E-state index contributed by atoms with van der Waals surface area (Å²) >= 11 is 0. The van der Waals surface area contributed by atoms with E-state index < -0.39 is 6.09 Å². The Morgan fingerprint density at radius 1 is 1.44 bits per heavy atom. The quantitative estimate of drug-likeness (QED) is 0.848. The van der Waals surface area contributed by atoms with Crippen molar-refractivity contribution in [2.24, 2.45) is 0 Å². The molecule has 1 aromatic rings. The predicted octanol–water partition coefficient (Wildman–Crippen LogP) is 2.11. The lowest BCUT2D eigenvalue weighted by Gasteiger charge is -2.10. The predicted molar refractivity (Wildman–Crippen MR) is 64.7 cm³/mol. The summed E-state index contributed by atoms with van der Waals surface area (Å²) in [6, 6.07) is 7.60. The molecule has 1 aromatic carbocycles. The van der Waals surface area contributed by atoms with Gasteiger partial charge < -0.3 is 9.64 Å². The van der Waals surface area contributed by atoms with Crippen LogP contribution in [-0.2, 0) is 4.74 Å². The Kier molecular flexibility index (Phi) is 4.79. The standard InChI is InChI=1S/C12H18N2O2/c1-10-5-4-6-11(9-10)13-12(15)16-8-7-14(2)3/h4-6,9H,7-8H2,1-3H3,(H,13,15). The van der Waals surface area contributed by atoms with Crippen LogP contribution in [0.1, 0.15) is 5.56 Å². The summed E-state index contributed by atoms with van der Waals surface area (Å²) in [6.45, 7) is 3.09. The zero-order chi connectivity index (χ0) is 12.0. The summed E-state index contributed by atoms with van der Waals surface area (Å²) in [5.74, 6) is 0. The molecule has 0 aliphatic carbocycles. The van der Waals surface area contributed by atoms with Crippen LogP contribution in [0, 0.1) is 6.92 Å². The molecule has 4 nitrogen and oxygen atoms in total. The molecule has 0 aliphatic heterocycles. The van der Waals surface area contributed by atoms with Gasteiger partial charge in [-0.05, 0) is 38.7 Å². The zero-order valence-corrected chi connectivity index (χ0v) is 9.99. The van der Waals surface area contributed by atoms with Crippen LogP contribution in [0.3, 0.4) is 0 Å². The molecule has 0 atom stereocenters. The van der Waals surface area contributed by atoms with E-state index in [9.17, 15) is 4.79 Å². The SMILES string of the molecule is Cc1cccc(NC(=O)OCCN(C)C)c1. The highest BCUT2D eigenvalue weighted by molar-refractivity contribution is 5.84. The zero-order valence-electron chi connectivity index (χ0n) is 9.99. The van der Waals surface area contributed by atoms with Gasteiger partial charge in [-0.25, -0.2) is 4.79 Å². The number of nitrogens with zero attached hydrogens (tertiary/aromatic N) is 1. The third-order valence-corrected chi connectivity index (χ3v) is 2.04. The number of ether oxygens (including phenoxy) is 1. The van der Waals surface area contributed by atoms with Gasteiger partial charge in [0, 0.05) is 12.2 Å². The van der Waals surface area contributed by atoms with Crippen molar-refractivity contribution in [3.63, 3.8) is 0 Å². The molecule has 4 heteroatoms. The van der Waals surface area contributed by atoms with Crippen LogP contribution in [0.15, 0.2) is 24.3 Å². The van der Waals surface area contributed by atoms with Gasteiger partial charge in [-0.15, -0.1) is 0 Å². The summed E-state index contributed by atoms with van der Waals surface area (Å²) in [5, 5.41) is 2.68. The summed E-state index contributed by atoms with van der Waals surface area (Å²) in [4.78, 5) is 13.3. The minimum Gasteiger partial charge on any atom is -0.448 e. The first kappa shape index (κ1) is 12.5. The molecule has 16 heavy (non-hydrogen) atoms. The Bertz CT molecular complexity index is 351. The normalized spacial score (nSPS) is 10.2. The molecule has 0 spiro atoms. The number of hydrogen-bond acceptors (Lipinski definition) is 3. The van der Waals surface area contributed by atoms with Gasteiger partial charge in [0.2, 0.25) is 0 Å². The molecule has 88 valence electrons. The maximum atomic E-state index is 11.4. The maximum Gasteiger partial charge on any atom is 0.411 e. The number of benzene rings is 1. The van der Waals surface area contributed by atoms with Crippen LogP contribution < -0.4 is 5.32 Å². The van der Waals surface area contributed by atoms with E-state index in [0.717, 1.165) is 17.8 Å². The molecule has 0 bridgehead atoms. The van der Waals surface area contributed by atoms with Crippen molar-refractivity contribution >= 4 is 11.8 Å². The lowest BCUT2D eigenvalue weighted by Crippen LogP contribution is -2.22. The number of hydrogen-bond donors (Lipinski definition) is 1. The van der Waals surface area contributed by atoms with Gasteiger partial charge in [0.25, 0.3) is 0 Å². The monoisotopic (exact) mass is 222 g/mol. The number of aryl methyl sites for hydroxylation is 1. The average Bonchev–Trinajstić information content (AvgIpc) is 2.16. The van der Waals surface area contributed by atoms with E-state index in [2.05, 4.69) is 5.32 Å². The minimum atomic E-state index is -0.410. The molecule has 0 aliphatic rings. The molecule has 0 saturated carbocycles. The molecule has 0 aromatic heterocycles. The van der Waals surface area contributed by atoms with E-state index in [1.165, 1.54) is 0 Å². The van der Waals surface area contributed by atoms with Crippen LogP contribution in [0.5, 0.6) is 0 Å². The summed E-state index contributed by atoms with van der Waals surface area (Å²) < 4.78 is 5.00. The van der Waals surface area contributed by atoms with E-state index in [-0.39, 0.29) is 0 Å². The highest BCUT2D eigenvalue weighted by atomic mass is 16.5. The molecule has 1 N–H and O–H groups in total. The molecule has 1 amide bonds. The van der Waals surface area contributed by atoms with Crippen LogP contribution in [-0.4, -0.2) is 38.2 Å². The Balaban J connectivity index is 2.34.